The number of carbonyl (C=O) groups excluding carboxylic acids is 6. The first-order valence-electron chi connectivity index (χ1n) is 15.1. The largest absolute Gasteiger partial charge is 0.463 e. The van der Waals surface area contributed by atoms with Crippen LogP contribution in [-0.4, -0.2) is 101 Å². The number of alkyl carbamates (subject to hydrolysis) is 2. The molecule has 7 atom stereocenters. The average molecular weight is 772 g/mol. The first-order valence-corrected chi connectivity index (χ1v) is 16.3. The van der Waals surface area contributed by atoms with Gasteiger partial charge in [0.05, 0.1) is 6.10 Å². The van der Waals surface area contributed by atoms with Crippen molar-refractivity contribution < 1.29 is 66.7 Å². The molecule has 0 radical (unpaired) electrons. The summed E-state index contributed by atoms with van der Waals surface area (Å²) < 4.78 is 41.9. The van der Waals surface area contributed by atoms with E-state index in [0.29, 0.717) is 5.56 Å². The number of amides is 2. The van der Waals surface area contributed by atoms with E-state index < -0.39 is 101 Å². The lowest BCUT2D eigenvalue weighted by atomic mass is 9.96. The van der Waals surface area contributed by atoms with E-state index in [9.17, 15) is 28.8 Å². The van der Waals surface area contributed by atoms with Crippen LogP contribution in [0.1, 0.15) is 54.0 Å². The Labute approximate surface area is 303 Å². The number of hydrogen-bond acceptors (Lipinski definition) is 14. The highest BCUT2D eigenvalue weighted by molar-refractivity contribution is 6.67. The van der Waals surface area contributed by atoms with Crippen LogP contribution >= 0.6 is 34.8 Å². The van der Waals surface area contributed by atoms with Gasteiger partial charge in [-0.3, -0.25) is 14.4 Å². The predicted molar refractivity (Wildman–Crippen MR) is 175 cm³/mol. The molecule has 2 rings (SSSR count). The molecule has 1 aromatic rings. The van der Waals surface area contributed by atoms with Crippen LogP contribution in [0.5, 0.6) is 0 Å². The molecule has 0 aliphatic carbocycles. The van der Waals surface area contributed by atoms with E-state index in [1.54, 1.807) is 51.1 Å². The molecule has 19 heteroatoms. The smallest absolute Gasteiger partial charge is 0.408 e. The molecule has 1 fully saturated rings. The number of hydrogen-bond donors (Lipinski definition) is 2. The molecule has 280 valence electrons. The quantitative estimate of drug-likeness (QED) is 0.167. The van der Waals surface area contributed by atoms with Gasteiger partial charge in [-0.05, 0) is 33.3 Å². The lowest BCUT2D eigenvalue weighted by Crippen LogP contribution is -2.67. The molecular formula is C31H41Cl3N2O14. The minimum absolute atomic E-state index is 0.166. The summed E-state index contributed by atoms with van der Waals surface area (Å²) in [5, 5.41) is 4.81. The van der Waals surface area contributed by atoms with Crippen molar-refractivity contribution in [2.24, 2.45) is 0 Å². The zero-order valence-corrected chi connectivity index (χ0v) is 30.7. The summed E-state index contributed by atoms with van der Waals surface area (Å²) in [4.78, 5) is 75.3. The molecule has 1 aromatic carbocycles. The van der Waals surface area contributed by atoms with Crippen LogP contribution in [-0.2, 0) is 63.7 Å². The molecule has 0 bridgehead atoms. The van der Waals surface area contributed by atoms with Crippen LogP contribution in [0.25, 0.3) is 0 Å². The Kier molecular flexibility index (Phi) is 16.3. The number of ether oxygens (including phenoxy) is 8. The zero-order valence-electron chi connectivity index (χ0n) is 28.4. The molecule has 1 aliphatic heterocycles. The van der Waals surface area contributed by atoms with Gasteiger partial charge in [0.25, 0.3) is 0 Å². The van der Waals surface area contributed by atoms with Crippen LogP contribution in [0.2, 0.25) is 0 Å². The second-order valence-electron chi connectivity index (χ2n) is 11.9. The van der Waals surface area contributed by atoms with Crippen molar-refractivity contribution in [2.75, 3.05) is 13.2 Å². The van der Waals surface area contributed by atoms with Crippen LogP contribution in [0.4, 0.5) is 9.59 Å². The van der Waals surface area contributed by atoms with Crippen molar-refractivity contribution in [1.29, 1.82) is 0 Å². The molecule has 1 heterocycles. The van der Waals surface area contributed by atoms with E-state index in [1.165, 1.54) is 6.92 Å². The van der Waals surface area contributed by atoms with Crippen molar-refractivity contribution in [2.45, 2.75) is 107 Å². The Morgan fingerprint density at radius 3 is 1.98 bits per heavy atom. The number of nitrogens with one attached hydrogen (secondary N) is 2. The Balaban J connectivity index is 2.53. The first kappa shape index (κ1) is 42.6. The van der Waals surface area contributed by atoms with E-state index in [-0.39, 0.29) is 6.61 Å². The van der Waals surface area contributed by atoms with Gasteiger partial charge in [-0.15, -0.1) is 0 Å². The standard InChI is InChI=1S/C31H41Cl3N2O14/c1-16(22(35-29(42)50-30(5,6)7)26(40)44-13-20-11-9-8-10-12-20)46-27-23(36-28(41)45-15-31(32,33)34)25(48-19(4)39)24(47-18(3)38)21(49-27)14-43-17(2)37/h8-12,16,21-25,27H,13-15H2,1-7H3,(H,35,42)(H,36,41)/t16-,21-,22+,23-,24-,25-,27-/m1/s1. The third kappa shape index (κ3) is 15.5. The molecule has 0 aromatic heterocycles. The number of alkyl halides is 3. The lowest BCUT2D eigenvalue weighted by Gasteiger charge is -2.45. The topological polar surface area (TPSA) is 200 Å². The third-order valence-electron chi connectivity index (χ3n) is 6.32. The number of carbonyl (C=O) groups is 6. The fourth-order valence-electron chi connectivity index (χ4n) is 4.41. The summed E-state index contributed by atoms with van der Waals surface area (Å²) in [6.45, 7) is 8.00. The first-order chi connectivity index (χ1) is 23.1. The molecule has 1 aliphatic rings. The Morgan fingerprint density at radius 2 is 1.44 bits per heavy atom. The van der Waals surface area contributed by atoms with Crippen molar-refractivity contribution in [3.8, 4) is 0 Å². The molecule has 50 heavy (non-hydrogen) atoms. The van der Waals surface area contributed by atoms with Crippen molar-refractivity contribution in [1.82, 2.24) is 10.6 Å². The SMILES string of the molecule is CC(=O)OC[C@H]1O[C@@H](O[C@H](C)[C@H](NC(=O)OC(C)(C)C)C(=O)OCc2ccccc2)[C@H](NC(=O)OCC(Cl)(Cl)Cl)[C@@H](OC(C)=O)[C@@H]1OC(C)=O. The van der Waals surface area contributed by atoms with E-state index in [0.717, 1.165) is 20.8 Å². The monoisotopic (exact) mass is 770 g/mol. The van der Waals surface area contributed by atoms with Crippen LogP contribution in [0, 0.1) is 0 Å². The van der Waals surface area contributed by atoms with Crippen LogP contribution < -0.4 is 10.6 Å². The summed E-state index contributed by atoms with van der Waals surface area (Å²) in [7, 11) is 0. The van der Waals surface area contributed by atoms with E-state index in [4.69, 9.17) is 72.7 Å². The molecule has 2 N–H and O–H groups in total. The second kappa shape index (κ2) is 19.2. The van der Waals surface area contributed by atoms with Gasteiger partial charge in [0.1, 0.15) is 37.6 Å². The van der Waals surface area contributed by atoms with E-state index >= 15 is 0 Å². The minimum Gasteiger partial charge on any atom is -0.463 e. The molecule has 16 nitrogen and oxygen atoms in total. The maximum absolute atomic E-state index is 13.4. The lowest BCUT2D eigenvalue weighted by molar-refractivity contribution is -0.287. The number of rotatable bonds is 13. The molecule has 0 saturated carbocycles. The van der Waals surface area contributed by atoms with Gasteiger partial charge in [0, 0.05) is 20.8 Å². The van der Waals surface area contributed by atoms with E-state index in [2.05, 4.69) is 10.6 Å². The number of esters is 4. The maximum Gasteiger partial charge on any atom is 0.408 e. The van der Waals surface area contributed by atoms with Gasteiger partial charge in [-0.25, -0.2) is 14.4 Å². The van der Waals surface area contributed by atoms with Gasteiger partial charge in [0.2, 0.25) is 3.79 Å². The summed E-state index contributed by atoms with van der Waals surface area (Å²) in [5.41, 5.74) is -0.304. The zero-order chi connectivity index (χ0) is 37.8. The van der Waals surface area contributed by atoms with Crippen LogP contribution in [0.15, 0.2) is 30.3 Å². The highest BCUT2D eigenvalue weighted by Gasteiger charge is 2.53. The number of benzene rings is 1. The maximum atomic E-state index is 13.4. The minimum atomic E-state index is -2.00. The number of halogens is 3. The van der Waals surface area contributed by atoms with Crippen LogP contribution in [0.3, 0.4) is 0 Å². The summed E-state index contributed by atoms with van der Waals surface area (Å²) in [6, 6.07) is 5.58. The molecular weight excluding hydrogens is 731 g/mol. The normalized spacial score (nSPS) is 21.8. The highest BCUT2D eigenvalue weighted by atomic mass is 35.6. The van der Waals surface area contributed by atoms with Gasteiger partial charge in [0.15, 0.2) is 24.5 Å². The molecule has 1 saturated heterocycles. The second-order valence-corrected chi connectivity index (χ2v) is 14.4. The predicted octanol–water partition coefficient (Wildman–Crippen LogP) is 3.64. The fraction of sp³-hybridized carbons (Fsp3) is 0.613. The van der Waals surface area contributed by atoms with Crippen molar-refractivity contribution in [3.63, 3.8) is 0 Å². The van der Waals surface area contributed by atoms with Gasteiger partial charge in [-0.1, -0.05) is 65.1 Å². The Morgan fingerprint density at radius 1 is 0.840 bits per heavy atom. The highest BCUT2D eigenvalue weighted by Crippen LogP contribution is 2.30. The summed E-state index contributed by atoms with van der Waals surface area (Å²) >= 11 is 17.1. The molecule has 0 unspecified atom stereocenters. The molecule has 2 amide bonds. The Bertz CT molecular complexity index is 1340. The van der Waals surface area contributed by atoms with Crippen molar-refractivity contribution >= 4 is 70.9 Å². The summed E-state index contributed by atoms with van der Waals surface area (Å²) in [5.74, 6) is -3.41. The van der Waals surface area contributed by atoms with Crippen molar-refractivity contribution in [3.05, 3.63) is 35.9 Å². The Hall–Kier alpha value is -3.57. The average Bonchev–Trinajstić information content (AvgIpc) is 2.98. The molecule has 0 spiro atoms. The third-order valence-corrected chi connectivity index (χ3v) is 6.65. The van der Waals surface area contributed by atoms with Gasteiger partial charge in [-0.2, -0.15) is 0 Å². The van der Waals surface area contributed by atoms with Gasteiger partial charge < -0.3 is 48.5 Å². The van der Waals surface area contributed by atoms with Gasteiger partial charge >= 0.3 is 36.1 Å². The summed E-state index contributed by atoms with van der Waals surface area (Å²) in [6.07, 6.45) is -9.66. The van der Waals surface area contributed by atoms with E-state index in [1.807, 2.05) is 0 Å². The fourth-order valence-corrected chi connectivity index (χ4v) is 4.57.